The van der Waals surface area contributed by atoms with Gasteiger partial charge in [0, 0.05) is 5.54 Å². The van der Waals surface area contributed by atoms with Gasteiger partial charge in [0.05, 0.1) is 0 Å². The predicted octanol–water partition coefficient (Wildman–Crippen LogP) is 3.87. The van der Waals surface area contributed by atoms with Crippen LogP contribution in [-0.4, -0.2) is 7.05 Å². The summed E-state index contributed by atoms with van der Waals surface area (Å²) in [6.45, 7) is 2.14. The number of benzene rings is 2. The lowest BCUT2D eigenvalue weighted by molar-refractivity contribution is 0.586. The second kappa shape index (κ2) is 4.25. The van der Waals surface area contributed by atoms with E-state index in [9.17, 15) is 0 Å². The summed E-state index contributed by atoms with van der Waals surface area (Å²) in [6.07, 6.45) is 2.50. The number of hydrogen-bond donors (Lipinski definition) is 1. The van der Waals surface area contributed by atoms with Gasteiger partial charge in [-0.2, -0.15) is 0 Å². The highest BCUT2D eigenvalue weighted by atomic mass is 15.0. The molecule has 3 rings (SSSR count). The highest BCUT2D eigenvalue weighted by Gasteiger charge is 2.42. The lowest BCUT2D eigenvalue weighted by Crippen LogP contribution is -2.24. The molecule has 2 aromatic carbocycles. The molecule has 1 aliphatic rings. The summed E-state index contributed by atoms with van der Waals surface area (Å²) in [5, 5.41) is 3.46. The minimum absolute atomic E-state index is 0.250. The third kappa shape index (κ3) is 1.95. The van der Waals surface area contributed by atoms with Crippen molar-refractivity contribution < 1.29 is 0 Å². The quantitative estimate of drug-likeness (QED) is 0.854. The van der Waals surface area contributed by atoms with Gasteiger partial charge in [0.1, 0.15) is 0 Å². The zero-order valence-electron chi connectivity index (χ0n) is 11.0. The summed E-state index contributed by atoms with van der Waals surface area (Å²) >= 11 is 0. The molecule has 1 heteroatoms. The SMILES string of the molecule is CNC1(c2cccc(-c3cccc(C)c3)c2)CC1. The highest BCUT2D eigenvalue weighted by molar-refractivity contribution is 5.65. The average Bonchev–Trinajstić information content (AvgIpc) is 3.20. The van der Waals surface area contributed by atoms with E-state index in [0.717, 1.165) is 0 Å². The molecular formula is C17H19N. The Bertz CT molecular complexity index is 567. The normalized spacial score (nSPS) is 16.6. The Morgan fingerprint density at radius 1 is 0.944 bits per heavy atom. The van der Waals surface area contributed by atoms with Crippen LogP contribution >= 0.6 is 0 Å². The summed E-state index contributed by atoms with van der Waals surface area (Å²) in [7, 11) is 2.06. The van der Waals surface area contributed by atoms with Crippen molar-refractivity contribution in [3.63, 3.8) is 0 Å². The van der Waals surface area contributed by atoms with Gasteiger partial charge in [-0.05, 0) is 49.6 Å². The molecule has 0 spiro atoms. The van der Waals surface area contributed by atoms with Crippen LogP contribution in [0.2, 0.25) is 0 Å². The fraction of sp³-hybridized carbons (Fsp3) is 0.294. The zero-order valence-corrected chi connectivity index (χ0v) is 11.0. The summed E-state index contributed by atoms with van der Waals surface area (Å²) in [6, 6.07) is 17.6. The molecule has 0 heterocycles. The van der Waals surface area contributed by atoms with Gasteiger partial charge in [-0.3, -0.25) is 0 Å². The van der Waals surface area contributed by atoms with Crippen molar-refractivity contribution in [1.29, 1.82) is 0 Å². The molecule has 2 aromatic rings. The van der Waals surface area contributed by atoms with E-state index in [-0.39, 0.29) is 5.54 Å². The van der Waals surface area contributed by atoms with Crippen LogP contribution in [0.25, 0.3) is 11.1 Å². The van der Waals surface area contributed by atoms with E-state index in [1.807, 2.05) is 0 Å². The maximum atomic E-state index is 3.46. The van der Waals surface area contributed by atoms with Crippen molar-refractivity contribution in [1.82, 2.24) is 5.32 Å². The molecule has 0 atom stereocenters. The Morgan fingerprint density at radius 3 is 2.22 bits per heavy atom. The van der Waals surface area contributed by atoms with Gasteiger partial charge in [-0.1, -0.05) is 48.0 Å². The number of nitrogens with one attached hydrogen (secondary N) is 1. The largest absolute Gasteiger partial charge is 0.310 e. The zero-order chi connectivity index (χ0) is 12.6. The fourth-order valence-corrected chi connectivity index (χ4v) is 2.63. The van der Waals surface area contributed by atoms with Crippen LogP contribution < -0.4 is 5.32 Å². The number of hydrogen-bond acceptors (Lipinski definition) is 1. The van der Waals surface area contributed by atoms with Gasteiger partial charge in [0.2, 0.25) is 0 Å². The molecule has 0 bridgehead atoms. The first kappa shape index (κ1) is 11.5. The van der Waals surface area contributed by atoms with Crippen LogP contribution in [0.5, 0.6) is 0 Å². The molecule has 1 fully saturated rings. The standard InChI is InChI=1S/C17H19N/c1-13-5-3-6-14(11-13)15-7-4-8-16(12-15)17(18-2)9-10-17/h3-8,11-12,18H,9-10H2,1-2H3. The minimum atomic E-state index is 0.250. The first-order chi connectivity index (χ1) is 8.73. The Hall–Kier alpha value is -1.60. The second-order valence-electron chi connectivity index (χ2n) is 5.28. The number of rotatable bonds is 3. The third-order valence-electron chi connectivity index (χ3n) is 4.00. The van der Waals surface area contributed by atoms with Gasteiger partial charge in [-0.25, -0.2) is 0 Å². The van der Waals surface area contributed by atoms with E-state index < -0.39 is 0 Å². The van der Waals surface area contributed by atoms with Gasteiger partial charge in [-0.15, -0.1) is 0 Å². The van der Waals surface area contributed by atoms with Crippen LogP contribution in [0.15, 0.2) is 48.5 Å². The Balaban J connectivity index is 2.01. The van der Waals surface area contributed by atoms with E-state index in [2.05, 4.69) is 67.8 Å². The Kier molecular flexibility index (Phi) is 2.71. The molecule has 0 unspecified atom stereocenters. The lowest BCUT2D eigenvalue weighted by atomic mass is 9.97. The maximum Gasteiger partial charge on any atom is 0.0434 e. The molecule has 0 amide bonds. The topological polar surface area (TPSA) is 12.0 Å². The summed E-state index contributed by atoms with van der Waals surface area (Å²) in [5.74, 6) is 0. The Labute approximate surface area is 109 Å². The van der Waals surface area contributed by atoms with E-state index in [4.69, 9.17) is 0 Å². The van der Waals surface area contributed by atoms with Gasteiger partial charge < -0.3 is 5.32 Å². The predicted molar refractivity (Wildman–Crippen MR) is 76.6 cm³/mol. The molecule has 0 saturated heterocycles. The first-order valence-corrected chi connectivity index (χ1v) is 6.60. The minimum Gasteiger partial charge on any atom is -0.310 e. The second-order valence-corrected chi connectivity index (χ2v) is 5.28. The van der Waals surface area contributed by atoms with Gasteiger partial charge >= 0.3 is 0 Å². The van der Waals surface area contributed by atoms with Crippen molar-refractivity contribution in [2.24, 2.45) is 0 Å². The van der Waals surface area contributed by atoms with Crippen molar-refractivity contribution in [3.05, 3.63) is 59.7 Å². The molecule has 18 heavy (non-hydrogen) atoms. The molecule has 0 radical (unpaired) electrons. The van der Waals surface area contributed by atoms with Gasteiger partial charge in [0.15, 0.2) is 0 Å². The van der Waals surface area contributed by atoms with Crippen LogP contribution in [0.4, 0.5) is 0 Å². The first-order valence-electron chi connectivity index (χ1n) is 6.60. The third-order valence-corrected chi connectivity index (χ3v) is 4.00. The van der Waals surface area contributed by atoms with Crippen molar-refractivity contribution >= 4 is 0 Å². The number of aryl methyl sites for hydroxylation is 1. The van der Waals surface area contributed by atoms with E-state index in [1.165, 1.54) is 35.1 Å². The van der Waals surface area contributed by atoms with Gasteiger partial charge in [0.25, 0.3) is 0 Å². The molecule has 1 aliphatic carbocycles. The summed E-state index contributed by atoms with van der Waals surface area (Å²) < 4.78 is 0. The van der Waals surface area contributed by atoms with Crippen molar-refractivity contribution in [2.75, 3.05) is 7.05 Å². The molecule has 1 saturated carbocycles. The molecule has 1 nitrogen and oxygen atoms in total. The maximum absolute atomic E-state index is 3.46. The van der Waals surface area contributed by atoms with Crippen LogP contribution in [0, 0.1) is 6.92 Å². The molecular weight excluding hydrogens is 218 g/mol. The average molecular weight is 237 g/mol. The van der Waals surface area contributed by atoms with Crippen LogP contribution in [0.1, 0.15) is 24.0 Å². The highest BCUT2D eigenvalue weighted by Crippen LogP contribution is 2.45. The van der Waals surface area contributed by atoms with Crippen LogP contribution in [-0.2, 0) is 5.54 Å². The van der Waals surface area contributed by atoms with Crippen molar-refractivity contribution in [3.8, 4) is 11.1 Å². The van der Waals surface area contributed by atoms with E-state index in [0.29, 0.717) is 0 Å². The Morgan fingerprint density at radius 2 is 1.61 bits per heavy atom. The van der Waals surface area contributed by atoms with E-state index in [1.54, 1.807) is 0 Å². The summed E-state index contributed by atoms with van der Waals surface area (Å²) in [5.41, 5.74) is 5.61. The molecule has 0 aromatic heterocycles. The molecule has 0 aliphatic heterocycles. The molecule has 92 valence electrons. The van der Waals surface area contributed by atoms with Crippen molar-refractivity contribution in [2.45, 2.75) is 25.3 Å². The monoisotopic (exact) mass is 237 g/mol. The fourth-order valence-electron chi connectivity index (χ4n) is 2.63. The lowest BCUT2D eigenvalue weighted by Gasteiger charge is -2.15. The molecule has 1 N–H and O–H groups in total. The smallest absolute Gasteiger partial charge is 0.0434 e. The van der Waals surface area contributed by atoms with E-state index >= 15 is 0 Å². The summed E-state index contributed by atoms with van der Waals surface area (Å²) in [4.78, 5) is 0. The van der Waals surface area contributed by atoms with Crippen LogP contribution in [0.3, 0.4) is 0 Å².